The number of benzene rings is 1. The van der Waals surface area contributed by atoms with E-state index >= 15 is 0 Å². The van der Waals surface area contributed by atoms with Gasteiger partial charge >= 0.3 is 6.08 Å². The number of thioether (sulfide) groups is 1. The number of aryl methyl sites for hydroxylation is 2. The Balaban J connectivity index is 1.35. The lowest BCUT2D eigenvalue weighted by molar-refractivity contribution is -0.130. The predicted octanol–water partition coefficient (Wildman–Crippen LogP) is 4.70. The number of fused-ring (bicyclic) bond motifs is 2. The fourth-order valence-electron chi connectivity index (χ4n) is 5.50. The third-order valence-corrected chi connectivity index (χ3v) is 8.64. The monoisotopic (exact) mass is 520 g/mol. The van der Waals surface area contributed by atoms with Crippen LogP contribution in [0.4, 0.5) is 10.2 Å². The van der Waals surface area contributed by atoms with E-state index in [0.29, 0.717) is 30.0 Å². The quantitative estimate of drug-likeness (QED) is 0.368. The van der Waals surface area contributed by atoms with Crippen LogP contribution in [0, 0.1) is 12.0 Å². The zero-order chi connectivity index (χ0) is 25.5. The normalized spacial score (nSPS) is 16.0. The molecule has 1 fully saturated rings. The Labute approximate surface area is 218 Å². The SMILES string of the molecule is CC(=O)N1CCC(CCn2c(Cc3cc4c(cc3-c3ccco3)CCS4)nc3c(N)nc(F)nc32)CC1. The third-order valence-electron chi connectivity index (χ3n) is 7.54. The molecular weight excluding hydrogens is 491 g/mol. The number of nitrogens with two attached hydrogens (primary N) is 1. The van der Waals surface area contributed by atoms with E-state index in [1.807, 2.05) is 33.4 Å². The van der Waals surface area contributed by atoms with E-state index in [1.54, 1.807) is 13.2 Å². The van der Waals surface area contributed by atoms with Gasteiger partial charge in [-0.25, -0.2) is 4.98 Å². The second-order valence-corrected chi connectivity index (χ2v) is 11.0. The molecule has 0 unspecified atom stereocenters. The third kappa shape index (κ3) is 4.70. The number of rotatable bonds is 6. The molecule has 37 heavy (non-hydrogen) atoms. The number of carbonyl (C=O) groups excluding carboxylic acids is 1. The molecule has 3 aromatic heterocycles. The topological polar surface area (TPSA) is 103 Å². The highest BCUT2D eigenvalue weighted by atomic mass is 32.2. The van der Waals surface area contributed by atoms with Crippen LogP contribution in [0.1, 0.15) is 43.1 Å². The molecule has 4 aromatic rings. The van der Waals surface area contributed by atoms with E-state index < -0.39 is 6.08 Å². The lowest BCUT2D eigenvalue weighted by Gasteiger charge is -2.31. The van der Waals surface area contributed by atoms with Gasteiger partial charge in [0.05, 0.1) is 6.26 Å². The number of aromatic nitrogens is 4. The molecule has 2 aliphatic rings. The number of halogens is 1. The smallest absolute Gasteiger partial charge is 0.312 e. The number of hydrogen-bond donors (Lipinski definition) is 1. The summed E-state index contributed by atoms with van der Waals surface area (Å²) in [6, 6.07) is 8.34. The number of carbonyl (C=O) groups is 1. The number of amides is 1. The Bertz CT molecular complexity index is 1460. The van der Waals surface area contributed by atoms with Crippen molar-refractivity contribution in [1.82, 2.24) is 24.4 Å². The molecule has 10 heteroatoms. The average Bonchev–Trinajstić information content (AvgIpc) is 3.63. The Morgan fingerprint density at radius 3 is 2.84 bits per heavy atom. The van der Waals surface area contributed by atoms with Gasteiger partial charge in [0.25, 0.3) is 0 Å². The fraction of sp³-hybridized carbons (Fsp3) is 0.407. The molecule has 0 atom stereocenters. The van der Waals surface area contributed by atoms with Crippen LogP contribution in [0.3, 0.4) is 0 Å². The van der Waals surface area contributed by atoms with Crippen molar-refractivity contribution in [3.63, 3.8) is 0 Å². The van der Waals surface area contributed by atoms with Crippen molar-refractivity contribution >= 4 is 34.7 Å². The van der Waals surface area contributed by atoms with Gasteiger partial charge in [-0.1, -0.05) is 0 Å². The second-order valence-electron chi connectivity index (χ2n) is 9.84. The molecule has 0 radical (unpaired) electrons. The summed E-state index contributed by atoms with van der Waals surface area (Å²) in [5.74, 6) is 3.32. The van der Waals surface area contributed by atoms with Crippen LogP contribution >= 0.6 is 11.8 Å². The Hall–Kier alpha value is -3.40. The minimum atomic E-state index is -0.849. The number of nitrogens with zero attached hydrogens (tertiary/aromatic N) is 5. The zero-order valence-corrected chi connectivity index (χ0v) is 21.6. The summed E-state index contributed by atoms with van der Waals surface area (Å²) in [5.41, 5.74) is 10.4. The first-order chi connectivity index (χ1) is 18.0. The maximum Gasteiger partial charge on any atom is 0.312 e. The molecule has 5 heterocycles. The van der Waals surface area contributed by atoms with Crippen LogP contribution in [0.5, 0.6) is 0 Å². The van der Waals surface area contributed by atoms with Crippen molar-refractivity contribution in [2.75, 3.05) is 24.6 Å². The second kappa shape index (κ2) is 9.81. The first kappa shape index (κ1) is 24.0. The van der Waals surface area contributed by atoms with Gasteiger partial charge < -0.3 is 19.6 Å². The summed E-state index contributed by atoms with van der Waals surface area (Å²) < 4.78 is 22.0. The maximum atomic E-state index is 14.2. The summed E-state index contributed by atoms with van der Waals surface area (Å²) in [7, 11) is 0. The standard InChI is InChI=1S/C27H29FN6O2S/c1-16(35)33-8-4-17(5-9-33)6-10-34-23(30-24-25(29)31-27(28)32-26(24)34)15-19-14-22-18(7-12-37-22)13-20(19)21-3-2-11-36-21/h2-3,11,13-14,17H,4-10,12,15H2,1H3,(H2,29,31,32). The minimum Gasteiger partial charge on any atom is -0.464 e. The van der Waals surface area contributed by atoms with Crippen molar-refractivity contribution in [2.45, 2.75) is 50.5 Å². The van der Waals surface area contributed by atoms with Gasteiger partial charge in [-0.2, -0.15) is 14.4 Å². The lowest BCUT2D eigenvalue weighted by atomic mass is 9.93. The largest absolute Gasteiger partial charge is 0.464 e. The number of imidazole rings is 1. The van der Waals surface area contributed by atoms with Gasteiger partial charge in [-0.05, 0) is 67.0 Å². The molecule has 1 aromatic carbocycles. The van der Waals surface area contributed by atoms with E-state index in [0.717, 1.165) is 67.2 Å². The zero-order valence-electron chi connectivity index (χ0n) is 20.7. The van der Waals surface area contributed by atoms with E-state index in [4.69, 9.17) is 15.1 Å². The summed E-state index contributed by atoms with van der Waals surface area (Å²) >= 11 is 1.87. The van der Waals surface area contributed by atoms with E-state index in [1.165, 1.54) is 10.5 Å². The highest BCUT2D eigenvalue weighted by molar-refractivity contribution is 7.99. The van der Waals surface area contributed by atoms with Crippen LogP contribution in [-0.4, -0.2) is 49.2 Å². The fourth-order valence-corrected chi connectivity index (χ4v) is 6.62. The Kier molecular flexibility index (Phi) is 6.36. The van der Waals surface area contributed by atoms with Crippen LogP contribution in [0.25, 0.3) is 22.5 Å². The highest BCUT2D eigenvalue weighted by Crippen LogP contribution is 2.38. The molecular formula is C27H29FN6O2S. The van der Waals surface area contributed by atoms with Gasteiger partial charge in [0.2, 0.25) is 5.91 Å². The van der Waals surface area contributed by atoms with Crippen LogP contribution < -0.4 is 5.73 Å². The molecule has 2 N–H and O–H groups in total. The lowest BCUT2D eigenvalue weighted by Crippen LogP contribution is -2.37. The van der Waals surface area contributed by atoms with E-state index in [-0.39, 0.29) is 11.7 Å². The number of furan rings is 1. The Morgan fingerprint density at radius 1 is 1.24 bits per heavy atom. The van der Waals surface area contributed by atoms with Crippen LogP contribution in [0.15, 0.2) is 39.8 Å². The number of piperidine rings is 1. The predicted molar refractivity (Wildman–Crippen MR) is 141 cm³/mol. The van der Waals surface area contributed by atoms with Gasteiger partial charge in [-0.15, -0.1) is 11.8 Å². The molecule has 8 nitrogen and oxygen atoms in total. The molecule has 1 saturated heterocycles. The molecule has 0 saturated carbocycles. The van der Waals surface area contributed by atoms with E-state index in [2.05, 4.69) is 22.1 Å². The van der Waals surface area contributed by atoms with Crippen LogP contribution in [0.2, 0.25) is 0 Å². The molecule has 0 spiro atoms. The maximum absolute atomic E-state index is 14.2. The molecule has 0 aliphatic carbocycles. The van der Waals surface area contributed by atoms with Gasteiger partial charge in [0.15, 0.2) is 17.0 Å². The van der Waals surface area contributed by atoms with Gasteiger partial charge in [0, 0.05) is 49.2 Å². The minimum absolute atomic E-state index is 0.0491. The molecule has 1 amide bonds. The molecule has 6 rings (SSSR count). The summed E-state index contributed by atoms with van der Waals surface area (Å²) in [6.45, 7) is 3.82. The number of hydrogen-bond acceptors (Lipinski definition) is 7. The molecule has 192 valence electrons. The van der Waals surface area contributed by atoms with Crippen molar-refractivity contribution in [3.8, 4) is 11.3 Å². The Morgan fingerprint density at radius 2 is 2.08 bits per heavy atom. The summed E-state index contributed by atoms with van der Waals surface area (Å²) in [5, 5.41) is 0. The summed E-state index contributed by atoms with van der Waals surface area (Å²) in [4.78, 5) is 27.5. The van der Waals surface area contributed by atoms with E-state index in [9.17, 15) is 9.18 Å². The van der Waals surface area contributed by atoms with Crippen molar-refractivity contribution in [1.29, 1.82) is 0 Å². The first-order valence-electron chi connectivity index (χ1n) is 12.7. The van der Waals surface area contributed by atoms with Gasteiger partial charge in [0.1, 0.15) is 11.6 Å². The first-order valence-corrected chi connectivity index (χ1v) is 13.7. The molecule has 2 aliphatic heterocycles. The molecule has 0 bridgehead atoms. The summed E-state index contributed by atoms with van der Waals surface area (Å²) in [6.07, 6.45) is 5.21. The highest BCUT2D eigenvalue weighted by Gasteiger charge is 2.24. The number of nitrogen functional groups attached to an aromatic ring is 1. The number of anilines is 1. The van der Waals surface area contributed by atoms with Crippen LogP contribution in [-0.2, 0) is 24.2 Å². The van der Waals surface area contributed by atoms with Crippen molar-refractivity contribution in [3.05, 3.63) is 53.6 Å². The average molecular weight is 521 g/mol. The van der Waals surface area contributed by atoms with Crippen molar-refractivity contribution in [2.24, 2.45) is 5.92 Å². The number of likely N-dealkylation sites (tertiary alicyclic amines) is 1. The van der Waals surface area contributed by atoms with Gasteiger partial charge in [-0.3, -0.25) is 4.79 Å². The van der Waals surface area contributed by atoms with Crippen molar-refractivity contribution < 1.29 is 13.6 Å².